The van der Waals surface area contributed by atoms with Crippen molar-refractivity contribution in [2.45, 2.75) is 31.0 Å². The van der Waals surface area contributed by atoms with Crippen LogP contribution in [0.4, 0.5) is 0 Å². The zero-order valence-corrected chi connectivity index (χ0v) is 10.3. The Morgan fingerprint density at radius 3 is 2.65 bits per heavy atom. The van der Waals surface area contributed by atoms with Crippen LogP contribution in [-0.2, 0) is 11.3 Å². The summed E-state index contributed by atoms with van der Waals surface area (Å²) in [5.41, 5.74) is -1.63. The average molecular weight is 283 g/mol. The number of hydrogen-bond donors (Lipinski definition) is 4. The first-order valence-electron chi connectivity index (χ1n) is 5.82. The van der Waals surface area contributed by atoms with Gasteiger partial charge in [-0.1, -0.05) is 0 Å². The van der Waals surface area contributed by atoms with Gasteiger partial charge in [-0.3, -0.25) is 14.3 Å². The lowest BCUT2D eigenvalue weighted by Gasteiger charge is -2.14. The third-order valence-corrected chi connectivity index (χ3v) is 3.13. The standard InChI is InChI=1S/C11H13N3O6/c12-1-2-14-3-5(10(18)13-11(14)19)9-8(17)7(16)6(4-15)20-9/h3,6-9,15-17H,2,4H2,(H,13,18,19)/t6-,7-,8-,9+/m1/s1. The van der Waals surface area contributed by atoms with Gasteiger partial charge in [0.05, 0.1) is 18.2 Å². The van der Waals surface area contributed by atoms with Gasteiger partial charge in [-0.2, -0.15) is 5.26 Å². The topological polar surface area (TPSA) is 149 Å². The SMILES string of the molecule is N#CCn1cc([C@@H]2O[C@H](CO)[C@@H](O)[C@H]2O)c(=O)[nH]c1=O. The van der Waals surface area contributed by atoms with Crippen LogP contribution in [0.25, 0.3) is 0 Å². The molecule has 1 aliphatic heterocycles. The van der Waals surface area contributed by atoms with Gasteiger partial charge < -0.3 is 20.1 Å². The summed E-state index contributed by atoms with van der Waals surface area (Å²) in [6.45, 7) is -0.804. The lowest BCUT2D eigenvalue weighted by atomic mass is 10.0. The Balaban J connectivity index is 2.43. The van der Waals surface area contributed by atoms with Crippen LogP contribution < -0.4 is 11.2 Å². The molecule has 1 aromatic rings. The fourth-order valence-electron chi connectivity index (χ4n) is 2.08. The zero-order valence-electron chi connectivity index (χ0n) is 10.3. The summed E-state index contributed by atoms with van der Waals surface area (Å²) in [6.07, 6.45) is -3.87. The van der Waals surface area contributed by atoms with Gasteiger partial charge in [0.25, 0.3) is 5.56 Å². The maximum Gasteiger partial charge on any atom is 0.329 e. The van der Waals surface area contributed by atoms with E-state index in [1.807, 2.05) is 4.98 Å². The number of H-pyrrole nitrogens is 1. The molecule has 0 spiro atoms. The van der Waals surface area contributed by atoms with Gasteiger partial charge in [0.2, 0.25) is 0 Å². The molecule has 1 fully saturated rings. The minimum Gasteiger partial charge on any atom is -0.394 e. The van der Waals surface area contributed by atoms with Crippen molar-refractivity contribution < 1.29 is 20.1 Å². The number of aromatic amines is 1. The minimum absolute atomic E-state index is 0.0950. The Labute approximate surface area is 112 Å². The summed E-state index contributed by atoms with van der Waals surface area (Å²) in [5, 5.41) is 37.1. The highest BCUT2D eigenvalue weighted by Crippen LogP contribution is 2.31. The van der Waals surface area contributed by atoms with Crippen LogP contribution in [0, 0.1) is 11.3 Å². The predicted octanol–water partition coefficient (Wildman–Crippen LogP) is -2.79. The van der Waals surface area contributed by atoms with Crippen LogP contribution in [0.1, 0.15) is 11.7 Å². The van der Waals surface area contributed by atoms with Crippen molar-refractivity contribution in [2.24, 2.45) is 0 Å². The van der Waals surface area contributed by atoms with Crippen LogP contribution >= 0.6 is 0 Å². The maximum absolute atomic E-state index is 11.7. The van der Waals surface area contributed by atoms with Crippen LogP contribution in [0.3, 0.4) is 0 Å². The van der Waals surface area contributed by atoms with Gasteiger partial charge in [0.15, 0.2) is 0 Å². The Morgan fingerprint density at radius 2 is 2.10 bits per heavy atom. The molecular formula is C11H13N3O6. The highest BCUT2D eigenvalue weighted by atomic mass is 16.6. The van der Waals surface area contributed by atoms with Crippen molar-refractivity contribution in [1.29, 1.82) is 5.26 Å². The minimum atomic E-state index is -1.42. The third-order valence-electron chi connectivity index (χ3n) is 3.13. The molecule has 1 saturated heterocycles. The fraction of sp³-hybridized carbons (Fsp3) is 0.545. The molecule has 0 aromatic carbocycles. The van der Waals surface area contributed by atoms with E-state index in [-0.39, 0.29) is 12.1 Å². The second-order valence-electron chi connectivity index (χ2n) is 4.39. The monoisotopic (exact) mass is 283 g/mol. The summed E-state index contributed by atoms with van der Waals surface area (Å²) in [6, 6.07) is 1.75. The van der Waals surface area contributed by atoms with E-state index in [0.29, 0.717) is 0 Å². The number of aliphatic hydroxyl groups is 3. The molecule has 2 heterocycles. The van der Waals surface area contributed by atoms with Gasteiger partial charge >= 0.3 is 5.69 Å². The molecule has 0 saturated carbocycles. The molecule has 4 N–H and O–H groups in total. The summed E-state index contributed by atoms with van der Waals surface area (Å²) in [7, 11) is 0. The van der Waals surface area contributed by atoms with Gasteiger partial charge in [-0.15, -0.1) is 0 Å². The largest absolute Gasteiger partial charge is 0.394 e. The first-order chi connectivity index (χ1) is 9.49. The van der Waals surface area contributed by atoms with Crippen LogP contribution in [0.5, 0.6) is 0 Å². The van der Waals surface area contributed by atoms with Crippen LogP contribution in [0.2, 0.25) is 0 Å². The number of aliphatic hydroxyl groups excluding tert-OH is 3. The predicted molar refractivity (Wildman–Crippen MR) is 63.6 cm³/mol. The van der Waals surface area contributed by atoms with E-state index >= 15 is 0 Å². The molecule has 0 bridgehead atoms. The molecular weight excluding hydrogens is 270 g/mol. The Bertz CT molecular complexity index is 645. The molecule has 2 rings (SSSR count). The lowest BCUT2D eigenvalue weighted by molar-refractivity contribution is -0.0233. The molecule has 0 unspecified atom stereocenters. The first kappa shape index (κ1) is 14.4. The molecule has 4 atom stereocenters. The number of hydrogen-bond acceptors (Lipinski definition) is 7. The number of nitrogens with one attached hydrogen (secondary N) is 1. The van der Waals surface area contributed by atoms with Crippen molar-refractivity contribution in [3.63, 3.8) is 0 Å². The highest BCUT2D eigenvalue weighted by molar-refractivity contribution is 5.14. The summed E-state index contributed by atoms with van der Waals surface area (Å²) < 4.78 is 6.16. The van der Waals surface area contributed by atoms with Crippen LogP contribution in [0.15, 0.2) is 15.8 Å². The van der Waals surface area contributed by atoms with Crippen molar-refractivity contribution in [1.82, 2.24) is 9.55 Å². The molecule has 9 heteroatoms. The number of ether oxygens (including phenoxy) is 1. The Hall–Kier alpha value is -1.99. The van der Waals surface area contributed by atoms with Gasteiger partial charge in [-0.25, -0.2) is 4.79 Å². The van der Waals surface area contributed by atoms with Gasteiger partial charge in [0, 0.05) is 6.20 Å². The van der Waals surface area contributed by atoms with Crippen molar-refractivity contribution in [3.05, 3.63) is 32.6 Å². The first-order valence-corrected chi connectivity index (χ1v) is 5.82. The van der Waals surface area contributed by atoms with E-state index < -0.39 is 42.3 Å². The van der Waals surface area contributed by atoms with Crippen molar-refractivity contribution >= 4 is 0 Å². The summed E-state index contributed by atoms with van der Waals surface area (Å²) in [5.74, 6) is 0. The number of nitriles is 1. The molecule has 108 valence electrons. The third kappa shape index (κ3) is 2.37. The molecule has 20 heavy (non-hydrogen) atoms. The number of aromatic nitrogens is 2. The van der Waals surface area contributed by atoms with Crippen LogP contribution in [-0.4, -0.2) is 49.8 Å². The highest BCUT2D eigenvalue weighted by Gasteiger charge is 2.44. The van der Waals surface area contributed by atoms with E-state index in [0.717, 1.165) is 10.8 Å². The lowest BCUT2D eigenvalue weighted by Crippen LogP contribution is -2.36. The normalized spacial score (nSPS) is 29.3. The fourth-order valence-corrected chi connectivity index (χ4v) is 2.08. The molecule has 1 aromatic heterocycles. The Kier molecular flexibility index (Phi) is 4.01. The van der Waals surface area contributed by atoms with E-state index in [1.165, 1.54) is 0 Å². The average Bonchev–Trinajstić information content (AvgIpc) is 2.70. The van der Waals surface area contributed by atoms with Gasteiger partial charge in [0.1, 0.15) is 31.0 Å². The molecule has 1 aliphatic rings. The summed E-state index contributed by atoms with van der Waals surface area (Å²) >= 11 is 0. The van der Waals surface area contributed by atoms with Crippen molar-refractivity contribution in [3.8, 4) is 6.07 Å². The number of rotatable bonds is 3. The van der Waals surface area contributed by atoms with Gasteiger partial charge in [-0.05, 0) is 0 Å². The smallest absolute Gasteiger partial charge is 0.329 e. The maximum atomic E-state index is 11.7. The van der Waals surface area contributed by atoms with E-state index in [2.05, 4.69) is 0 Å². The molecule has 9 nitrogen and oxygen atoms in total. The van der Waals surface area contributed by atoms with E-state index in [1.54, 1.807) is 6.07 Å². The summed E-state index contributed by atoms with van der Waals surface area (Å²) in [4.78, 5) is 25.2. The molecule has 0 amide bonds. The second kappa shape index (κ2) is 5.56. The number of nitrogens with zero attached hydrogens (tertiary/aromatic N) is 2. The zero-order chi connectivity index (χ0) is 14.9. The Morgan fingerprint density at radius 1 is 1.40 bits per heavy atom. The van der Waals surface area contributed by atoms with E-state index in [4.69, 9.17) is 15.1 Å². The molecule has 0 aliphatic carbocycles. The second-order valence-corrected chi connectivity index (χ2v) is 4.39. The van der Waals surface area contributed by atoms with E-state index in [9.17, 15) is 19.8 Å². The quantitative estimate of drug-likeness (QED) is 0.468. The van der Waals surface area contributed by atoms with Crippen molar-refractivity contribution in [2.75, 3.05) is 6.61 Å². The molecule has 0 radical (unpaired) electrons.